The summed E-state index contributed by atoms with van der Waals surface area (Å²) < 4.78 is 3.65. The van der Waals surface area contributed by atoms with Crippen LogP contribution in [0.25, 0.3) is 28.1 Å². The van der Waals surface area contributed by atoms with Gasteiger partial charge in [0, 0.05) is 4.88 Å². The average molecular weight is 388 g/mol. The topological polar surface area (TPSA) is 81.4 Å². The number of aromatic amines is 1. The molecule has 1 atom stereocenters. The number of aryl methyl sites for hydroxylation is 1. The number of fused-ring (bicyclic) bond motifs is 3. The Kier molecular flexibility index (Phi) is 3.30. The van der Waals surface area contributed by atoms with Crippen molar-refractivity contribution < 1.29 is 0 Å². The summed E-state index contributed by atoms with van der Waals surface area (Å²) in [5, 5.41) is 2.11. The van der Waals surface area contributed by atoms with Gasteiger partial charge in [-0.2, -0.15) is 4.98 Å². The molecule has 28 heavy (non-hydrogen) atoms. The zero-order chi connectivity index (χ0) is 18.7. The lowest BCUT2D eigenvalue weighted by molar-refractivity contribution is 0.492. The van der Waals surface area contributed by atoms with E-state index in [2.05, 4.69) is 26.4 Å². The quantitative estimate of drug-likeness (QED) is 0.502. The fourth-order valence-corrected chi connectivity index (χ4v) is 5.14. The number of hydrogen-bond donors (Lipinski definition) is 1. The highest BCUT2D eigenvalue weighted by Crippen LogP contribution is 2.36. The predicted octanol–water partition coefficient (Wildman–Crippen LogP) is 3.45. The van der Waals surface area contributed by atoms with Crippen LogP contribution in [0.4, 0.5) is 0 Å². The van der Waals surface area contributed by atoms with Crippen LogP contribution in [0.3, 0.4) is 0 Å². The first-order valence-electron chi connectivity index (χ1n) is 9.25. The number of thiophene rings is 1. The van der Waals surface area contributed by atoms with Crippen molar-refractivity contribution in [2.75, 3.05) is 0 Å². The predicted molar refractivity (Wildman–Crippen MR) is 108 cm³/mol. The second kappa shape index (κ2) is 5.87. The monoisotopic (exact) mass is 388 g/mol. The summed E-state index contributed by atoms with van der Waals surface area (Å²) in [7, 11) is 0. The Labute approximate surface area is 163 Å². The van der Waals surface area contributed by atoms with Crippen LogP contribution in [0.5, 0.6) is 0 Å². The summed E-state index contributed by atoms with van der Waals surface area (Å²) in [6.45, 7) is 0. The number of nitrogens with zero attached hydrogens (tertiary/aromatic N) is 5. The molecule has 6 rings (SSSR count). The Hall–Kier alpha value is -3.26. The molecule has 7 nitrogen and oxygen atoms in total. The van der Waals surface area contributed by atoms with Gasteiger partial charge in [-0.3, -0.25) is 9.13 Å². The second-order valence-electron chi connectivity index (χ2n) is 7.02. The molecule has 0 amide bonds. The second-order valence-corrected chi connectivity index (χ2v) is 8.02. The molecule has 1 N–H and O–H groups in total. The number of aromatic nitrogens is 6. The van der Waals surface area contributed by atoms with E-state index in [-0.39, 0.29) is 11.7 Å². The molecule has 1 aromatic carbocycles. The first-order valence-corrected chi connectivity index (χ1v) is 10.1. The Morgan fingerprint density at radius 2 is 2.11 bits per heavy atom. The Morgan fingerprint density at radius 1 is 1.18 bits per heavy atom. The van der Waals surface area contributed by atoms with Gasteiger partial charge in [-0.15, -0.1) is 11.3 Å². The number of benzene rings is 1. The van der Waals surface area contributed by atoms with Gasteiger partial charge in [-0.1, -0.05) is 12.1 Å². The molecule has 1 aliphatic carbocycles. The fraction of sp³-hybridized carbons (Fsp3) is 0.200. The van der Waals surface area contributed by atoms with Crippen LogP contribution in [-0.2, 0) is 6.42 Å². The minimum atomic E-state index is -0.138. The standard InChI is InChI=1S/C20H16N6OS/c27-20-23-14-10-21-19(25-11-22-13-4-1-2-5-16(13)25)24-18(14)26(20)15-6-3-7-17-12(15)8-9-28-17/h1-2,4-5,8-11,15H,3,6-7H2,(H,23,27). The Bertz CT molecular complexity index is 1390. The van der Waals surface area contributed by atoms with Gasteiger partial charge >= 0.3 is 5.69 Å². The number of nitrogens with one attached hydrogen (secondary N) is 1. The summed E-state index contributed by atoms with van der Waals surface area (Å²) in [6, 6.07) is 10.0. The molecule has 138 valence electrons. The van der Waals surface area contributed by atoms with E-state index in [4.69, 9.17) is 4.98 Å². The maximum atomic E-state index is 12.8. The number of hydrogen-bond acceptors (Lipinski definition) is 5. The van der Waals surface area contributed by atoms with Gasteiger partial charge in [-0.05, 0) is 48.4 Å². The molecule has 1 unspecified atom stereocenters. The maximum absolute atomic E-state index is 12.8. The van der Waals surface area contributed by atoms with Crippen LogP contribution in [0, 0.1) is 0 Å². The SMILES string of the molecule is O=c1[nH]c2cnc(-n3cnc4ccccc43)nc2n1C1CCCc2sccc21. The molecule has 0 saturated carbocycles. The van der Waals surface area contributed by atoms with Crippen LogP contribution in [0.15, 0.2) is 53.0 Å². The summed E-state index contributed by atoms with van der Waals surface area (Å²) >= 11 is 1.77. The van der Waals surface area contributed by atoms with E-state index in [0.29, 0.717) is 17.1 Å². The van der Waals surface area contributed by atoms with E-state index in [9.17, 15) is 4.79 Å². The summed E-state index contributed by atoms with van der Waals surface area (Å²) in [4.78, 5) is 30.7. The molecule has 5 aromatic rings. The van der Waals surface area contributed by atoms with E-state index in [1.54, 1.807) is 28.4 Å². The molecule has 0 bridgehead atoms. The van der Waals surface area contributed by atoms with Gasteiger partial charge in [0.2, 0.25) is 5.95 Å². The minimum absolute atomic E-state index is 0.0125. The third-order valence-electron chi connectivity index (χ3n) is 5.45. The highest BCUT2D eigenvalue weighted by Gasteiger charge is 2.26. The van der Waals surface area contributed by atoms with E-state index in [0.717, 1.165) is 30.3 Å². The molecule has 0 saturated heterocycles. The summed E-state index contributed by atoms with van der Waals surface area (Å²) in [5.41, 5.74) is 4.21. The van der Waals surface area contributed by atoms with Crippen LogP contribution in [0.2, 0.25) is 0 Å². The third kappa shape index (κ3) is 2.21. The number of imidazole rings is 2. The van der Waals surface area contributed by atoms with Crippen molar-refractivity contribution in [2.24, 2.45) is 0 Å². The molecule has 0 spiro atoms. The molecule has 4 heterocycles. The van der Waals surface area contributed by atoms with E-state index >= 15 is 0 Å². The van der Waals surface area contributed by atoms with Crippen molar-refractivity contribution in [1.29, 1.82) is 0 Å². The normalized spacial score (nSPS) is 16.6. The maximum Gasteiger partial charge on any atom is 0.328 e. The van der Waals surface area contributed by atoms with Crippen molar-refractivity contribution in [3.63, 3.8) is 0 Å². The lowest BCUT2D eigenvalue weighted by Gasteiger charge is -2.23. The molecule has 1 aliphatic rings. The molecule has 4 aromatic heterocycles. The van der Waals surface area contributed by atoms with Crippen molar-refractivity contribution in [1.82, 2.24) is 29.1 Å². The molecule has 0 aliphatic heterocycles. The van der Waals surface area contributed by atoms with Crippen LogP contribution in [-0.4, -0.2) is 29.1 Å². The first-order chi connectivity index (χ1) is 13.8. The molecule has 0 fully saturated rings. The minimum Gasteiger partial charge on any atom is -0.303 e. The van der Waals surface area contributed by atoms with Gasteiger partial charge in [0.1, 0.15) is 11.8 Å². The zero-order valence-corrected chi connectivity index (χ0v) is 15.7. The molecule has 0 radical (unpaired) electrons. The fourth-order valence-electron chi connectivity index (χ4n) is 4.16. The van der Waals surface area contributed by atoms with Gasteiger partial charge in [0.05, 0.1) is 23.3 Å². The van der Waals surface area contributed by atoms with Crippen LogP contribution < -0.4 is 5.69 Å². The highest BCUT2D eigenvalue weighted by atomic mass is 32.1. The van der Waals surface area contributed by atoms with Crippen molar-refractivity contribution >= 4 is 33.5 Å². The number of H-pyrrole nitrogens is 1. The average Bonchev–Trinajstić information content (AvgIpc) is 3.43. The molecular weight excluding hydrogens is 372 g/mol. The Morgan fingerprint density at radius 3 is 3.07 bits per heavy atom. The lowest BCUT2D eigenvalue weighted by atomic mass is 9.94. The van der Waals surface area contributed by atoms with E-state index in [1.165, 1.54) is 10.4 Å². The van der Waals surface area contributed by atoms with Crippen LogP contribution >= 0.6 is 11.3 Å². The van der Waals surface area contributed by atoms with Gasteiger partial charge in [-0.25, -0.2) is 14.8 Å². The summed E-state index contributed by atoms with van der Waals surface area (Å²) in [5.74, 6) is 0.510. The van der Waals surface area contributed by atoms with Gasteiger partial charge in [0.15, 0.2) is 5.65 Å². The zero-order valence-electron chi connectivity index (χ0n) is 14.9. The summed E-state index contributed by atoms with van der Waals surface area (Å²) in [6.07, 6.45) is 6.49. The van der Waals surface area contributed by atoms with Crippen LogP contribution in [0.1, 0.15) is 29.3 Å². The Balaban J connectivity index is 1.57. The first kappa shape index (κ1) is 15.8. The van der Waals surface area contributed by atoms with Crippen molar-refractivity contribution in [3.05, 3.63) is 69.2 Å². The smallest absolute Gasteiger partial charge is 0.303 e. The molecular formula is C20H16N6OS. The van der Waals surface area contributed by atoms with E-state index < -0.39 is 0 Å². The van der Waals surface area contributed by atoms with Gasteiger partial charge < -0.3 is 4.98 Å². The lowest BCUT2D eigenvalue weighted by Crippen LogP contribution is -2.25. The number of para-hydroxylation sites is 2. The largest absolute Gasteiger partial charge is 0.328 e. The molecule has 8 heteroatoms. The highest BCUT2D eigenvalue weighted by molar-refractivity contribution is 7.10. The van der Waals surface area contributed by atoms with Gasteiger partial charge in [0.25, 0.3) is 0 Å². The third-order valence-corrected chi connectivity index (χ3v) is 6.44. The van der Waals surface area contributed by atoms with Crippen molar-refractivity contribution in [2.45, 2.75) is 25.3 Å². The van der Waals surface area contributed by atoms with Crippen molar-refractivity contribution in [3.8, 4) is 5.95 Å². The van der Waals surface area contributed by atoms with E-state index in [1.807, 2.05) is 28.8 Å². The number of rotatable bonds is 2.